The Balaban J connectivity index is 1.37. The molecule has 2 aromatic carbocycles. The number of carbonyl (C=O) groups excluding carboxylic acids is 1. The van der Waals surface area contributed by atoms with Crippen LogP contribution in [0.1, 0.15) is 55.7 Å². The van der Waals surface area contributed by atoms with Gasteiger partial charge < -0.3 is 4.90 Å². The molecule has 2 aliphatic heterocycles. The predicted molar refractivity (Wildman–Crippen MR) is 123 cm³/mol. The lowest BCUT2D eigenvalue weighted by Crippen LogP contribution is -2.35. The maximum Gasteiger partial charge on any atom is 0.243 e. The highest BCUT2D eigenvalue weighted by atomic mass is 35.5. The third-order valence-corrected chi connectivity index (χ3v) is 8.46. The summed E-state index contributed by atoms with van der Waals surface area (Å²) < 4.78 is 27.2. The summed E-state index contributed by atoms with van der Waals surface area (Å²) in [7, 11) is -3.42. The molecule has 5 nitrogen and oxygen atoms in total. The summed E-state index contributed by atoms with van der Waals surface area (Å²) >= 11 is 6.14. The van der Waals surface area contributed by atoms with Crippen LogP contribution >= 0.6 is 11.6 Å². The van der Waals surface area contributed by atoms with Crippen LogP contribution in [0.3, 0.4) is 0 Å². The third kappa shape index (κ3) is 5.13. The Morgan fingerprint density at radius 3 is 2.42 bits per heavy atom. The molecule has 2 fully saturated rings. The smallest absolute Gasteiger partial charge is 0.243 e. The number of likely N-dealkylation sites (tertiary alicyclic amines) is 1. The van der Waals surface area contributed by atoms with Crippen LogP contribution in [0, 0.1) is 0 Å². The molecule has 166 valence electrons. The summed E-state index contributed by atoms with van der Waals surface area (Å²) in [4.78, 5) is 15.2. The normalized spacial score (nSPS) is 20.2. The van der Waals surface area contributed by atoms with Gasteiger partial charge >= 0.3 is 0 Å². The average molecular weight is 461 g/mol. The Hall–Kier alpha value is -1.89. The first-order chi connectivity index (χ1) is 14.9. The van der Waals surface area contributed by atoms with Gasteiger partial charge in [-0.05, 0) is 67.5 Å². The van der Waals surface area contributed by atoms with Gasteiger partial charge in [0.25, 0.3) is 0 Å². The summed E-state index contributed by atoms with van der Waals surface area (Å²) in [6.07, 6.45) is 5.89. The van der Waals surface area contributed by atoms with E-state index in [9.17, 15) is 13.2 Å². The molecular formula is C24H29ClN2O3S. The molecule has 2 heterocycles. The van der Waals surface area contributed by atoms with Gasteiger partial charge in [-0.1, -0.05) is 42.3 Å². The second-order valence-corrected chi connectivity index (χ2v) is 10.8. The fourth-order valence-electron chi connectivity index (χ4n) is 4.60. The largest absolute Gasteiger partial charge is 0.336 e. The number of hydrogen-bond donors (Lipinski definition) is 0. The molecule has 2 aromatic rings. The molecule has 1 unspecified atom stereocenters. The van der Waals surface area contributed by atoms with Gasteiger partial charge in [0.05, 0.1) is 10.9 Å². The van der Waals surface area contributed by atoms with Crippen molar-refractivity contribution in [3.8, 4) is 0 Å². The summed E-state index contributed by atoms with van der Waals surface area (Å²) in [5, 5.41) is 0.691. The van der Waals surface area contributed by atoms with E-state index in [0.717, 1.165) is 49.8 Å². The van der Waals surface area contributed by atoms with Gasteiger partial charge in [-0.25, -0.2) is 8.42 Å². The SMILES string of the molecule is O=C(CCc1ccc(S(=O)(=O)N2CCCCC2)cc1)N1CCCC1c1cccc(Cl)c1. The van der Waals surface area contributed by atoms with Gasteiger partial charge in [0.2, 0.25) is 15.9 Å². The molecule has 4 rings (SSSR count). The van der Waals surface area contributed by atoms with E-state index in [4.69, 9.17) is 11.6 Å². The van der Waals surface area contributed by atoms with Crippen molar-refractivity contribution in [3.05, 3.63) is 64.7 Å². The predicted octanol–water partition coefficient (Wildman–Crippen LogP) is 4.81. The summed E-state index contributed by atoms with van der Waals surface area (Å²) in [5.41, 5.74) is 2.06. The van der Waals surface area contributed by atoms with E-state index in [0.29, 0.717) is 35.8 Å². The molecule has 0 aromatic heterocycles. The minimum Gasteiger partial charge on any atom is -0.336 e. The zero-order chi connectivity index (χ0) is 21.8. The van der Waals surface area contributed by atoms with Crippen LogP contribution < -0.4 is 0 Å². The lowest BCUT2D eigenvalue weighted by atomic mass is 10.0. The number of amides is 1. The highest BCUT2D eigenvalue weighted by molar-refractivity contribution is 7.89. The van der Waals surface area contributed by atoms with Gasteiger partial charge in [0.15, 0.2) is 0 Å². The zero-order valence-electron chi connectivity index (χ0n) is 17.7. The molecule has 0 N–H and O–H groups in total. The van der Waals surface area contributed by atoms with E-state index in [1.54, 1.807) is 16.4 Å². The number of sulfonamides is 1. The fourth-order valence-corrected chi connectivity index (χ4v) is 6.32. The second kappa shape index (κ2) is 9.72. The maximum absolute atomic E-state index is 12.9. The summed E-state index contributed by atoms with van der Waals surface area (Å²) in [6.45, 7) is 1.97. The van der Waals surface area contributed by atoms with Crippen LogP contribution in [-0.4, -0.2) is 43.2 Å². The molecule has 7 heteroatoms. The number of carbonyl (C=O) groups is 1. The number of halogens is 1. The van der Waals surface area contributed by atoms with E-state index in [-0.39, 0.29) is 11.9 Å². The molecule has 31 heavy (non-hydrogen) atoms. The first-order valence-electron chi connectivity index (χ1n) is 11.1. The molecule has 2 aliphatic rings. The molecule has 2 saturated heterocycles. The monoisotopic (exact) mass is 460 g/mol. The van der Waals surface area contributed by atoms with Crippen LogP contribution in [0.4, 0.5) is 0 Å². The molecule has 0 spiro atoms. The molecular weight excluding hydrogens is 432 g/mol. The van der Waals surface area contributed by atoms with E-state index in [1.165, 1.54) is 0 Å². The van der Waals surface area contributed by atoms with Gasteiger partial charge in [-0.3, -0.25) is 4.79 Å². The van der Waals surface area contributed by atoms with Crippen LogP contribution in [0.25, 0.3) is 0 Å². The lowest BCUT2D eigenvalue weighted by molar-refractivity contribution is -0.132. The van der Waals surface area contributed by atoms with E-state index in [1.807, 2.05) is 41.3 Å². The first-order valence-corrected chi connectivity index (χ1v) is 12.9. The molecule has 0 saturated carbocycles. The summed E-state index contributed by atoms with van der Waals surface area (Å²) in [6, 6.07) is 14.9. The molecule has 0 bridgehead atoms. The van der Waals surface area contributed by atoms with Crippen molar-refractivity contribution in [1.82, 2.24) is 9.21 Å². The van der Waals surface area contributed by atoms with Crippen molar-refractivity contribution in [2.45, 2.75) is 55.9 Å². The Morgan fingerprint density at radius 1 is 0.968 bits per heavy atom. The number of benzene rings is 2. The number of piperidine rings is 1. The van der Waals surface area contributed by atoms with Crippen molar-refractivity contribution >= 4 is 27.5 Å². The standard InChI is InChI=1S/C24H29ClN2O3S/c25-21-7-4-6-20(18-21)23-8-5-17-27(23)24(28)14-11-19-9-12-22(13-10-19)31(29,30)26-15-2-1-3-16-26/h4,6-7,9-10,12-13,18,23H,1-3,5,8,11,14-17H2. The van der Waals surface area contributed by atoms with Crippen molar-refractivity contribution in [2.24, 2.45) is 0 Å². The fraction of sp³-hybridized carbons (Fsp3) is 0.458. The lowest BCUT2D eigenvalue weighted by Gasteiger charge is -2.26. The van der Waals surface area contributed by atoms with E-state index >= 15 is 0 Å². The first kappa shape index (κ1) is 22.3. The Labute approximate surface area is 190 Å². The maximum atomic E-state index is 12.9. The van der Waals surface area contributed by atoms with Crippen molar-refractivity contribution in [3.63, 3.8) is 0 Å². The van der Waals surface area contributed by atoms with Gasteiger partial charge in [0.1, 0.15) is 0 Å². The Bertz CT molecular complexity index is 1020. The highest BCUT2D eigenvalue weighted by Crippen LogP contribution is 2.33. The van der Waals surface area contributed by atoms with Crippen LogP contribution in [-0.2, 0) is 21.2 Å². The van der Waals surface area contributed by atoms with Crippen LogP contribution in [0.5, 0.6) is 0 Å². The van der Waals surface area contributed by atoms with Gasteiger partial charge in [0, 0.05) is 31.1 Å². The van der Waals surface area contributed by atoms with Gasteiger partial charge in [-0.2, -0.15) is 4.31 Å². The summed E-state index contributed by atoms with van der Waals surface area (Å²) in [5.74, 6) is 0.132. The Kier molecular flexibility index (Phi) is 6.99. The number of aryl methyl sites for hydroxylation is 1. The van der Waals surface area contributed by atoms with Crippen molar-refractivity contribution in [2.75, 3.05) is 19.6 Å². The third-order valence-electron chi connectivity index (χ3n) is 6.31. The number of nitrogens with zero attached hydrogens (tertiary/aromatic N) is 2. The van der Waals surface area contributed by atoms with E-state index in [2.05, 4.69) is 0 Å². The second-order valence-electron chi connectivity index (χ2n) is 8.41. The zero-order valence-corrected chi connectivity index (χ0v) is 19.2. The topological polar surface area (TPSA) is 57.7 Å². The average Bonchev–Trinajstić information content (AvgIpc) is 3.28. The minimum absolute atomic E-state index is 0.0864. The molecule has 1 amide bonds. The highest BCUT2D eigenvalue weighted by Gasteiger charge is 2.30. The number of hydrogen-bond acceptors (Lipinski definition) is 3. The number of rotatable bonds is 6. The molecule has 0 aliphatic carbocycles. The molecule has 0 radical (unpaired) electrons. The van der Waals surface area contributed by atoms with Crippen molar-refractivity contribution < 1.29 is 13.2 Å². The van der Waals surface area contributed by atoms with Crippen LogP contribution in [0.2, 0.25) is 5.02 Å². The van der Waals surface area contributed by atoms with Crippen molar-refractivity contribution in [1.29, 1.82) is 0 Å². The minimum atomic E-state index is -3.42. The van der Waals surface area contributed by atoms with Gasteiger partial charge in [-0.15, -0.1) is 0 Å². The molecule has 1 atom stereocenters. The van der Waals surface area contributed by atoms with E-state index < -0.39 is 10.0 Å². The quantitative estimate of drug-likeness (QED) is 0.621. The Morgan fingerprint density at radius 2 is 1.71 bits per heavy atom. The van der Waals surface area contributed by atoms with Crippen LogP contribution in [0.15, 0.2) is 53.4 Å².